The average molecular weight is 455 g/mol. The number of hydrogen-bond donors (Lipinski definition) is 1. The van der Waals surface area contributed by atoms with Gasteiger partial charge in [-0.1, -0.05) is 12.1 Å². The molecule has 2 aromatic rings. The molecule has 0 aliphatic carbocycles. The highest BCUT2D eigenvalue weighted by molar-refractivity contribution is 5.67. The maximum atomic E-state index is 11.8. The first-order chi connectivity index (χ1) is 15.6. The standard InChI is InChI=1S/C24H30N2O5.C2H4/c1-23(2,3)31-22(27)25-11-10-16-6-8-19-17(12-16)14-26(15-28-19)18-7-9-20-21(13-18)30-24(4,5)29-20;1-2/h6-9,12-13H,10-11,14-15H2,1-5H3,(H,25,27);1-2H2. The van der Waals surface area contributed by atoms with Gasteiger partial charge in [0.05, 0.1) is 0 Å². The highest BCUT2D eigenvalue weighted by Gasteiger charge is 2.32. The van der Waals surface area contributed by atoms with E-state index < -0.39 is 17.5 Å². The summed E-state index contributed by atoms with van der Waals surface area (Å²) in [6.07, 6.45) is 0.317. The topological polar surface area (TPSA) is 69.3 Å². The van der Waals surface area contributed by atoms with Crippen LogP contribution in [0.15, 0.2) is 49.6 Å². The fourth-order valence-electron chi connectivity index (χ4n) is 3.65. The zero-order valence-electron chi connectivity index (χ0n) is 20.2. The molecule has 1 amide bonds. The number of ether oxygens (including phenoxy) is 4. The SMILES string of the molecule is C=C.CC(C)(C)OC(=O)NCCc1ccc2c(c1)CN(c1ccc3c(c1)OC(C)(C)O3)CO2. The second kappa shape index (κ2) is 9.65. The lowest BCUT2D eigenvalue weighted by molar-refractivity contribution is -0.0431. The van der Waals surface area contributed by atoms with E-state index in [1.807, 2.05) is 65.0 Å². The number of hydrogen-bond acceptors (Lipinski definition) is 6. The molecule has 1 N–H and O–H groups in total. The molecule has 0 unspecified atom stereocenters. The van der Waals surface area contributed by atoms with Crippen molar-refractivity contribution in [3.63, 3.8) is 0 Å². The van der Waals surface area contributed by atoms with Gasteiger partial charge in [-0.05, 0) is 51.0 Å². The second-order valence-electron chi connectivity index (χ2n) is 9.33. The Kier molecular flexibility index (Phi) is 7.10. The number of carbonyl (C=O) groups is 1. The quantitative estimate of drug-likeness (QED) is 0.622. The van der Waals surface area contributed by atoms with Crippen molar-refractivity contribution in [2.45, 2.75) is 59.0 Å². The van der Waals surface area contributed by atoms with Gasteiger partial charge < -0.3 is 29.2 Å². The number of carbonyl (C=O) groups excluding carboxylic acids is 1. The molecule has 7 heteroatoms. The Morgan fingerprint density at radius 3 is 2.52 bits per heavy atom. The molecule has 0 radical (unpaired) electrons. The van der Waals surface area contributed by atoms with Crippen molar-refractivity contribution in [3.8, 4) is 17.2 Å². The Hall–Kier alpha value is -3.35. The highest BCUT2D eigenvalue weighted by Crippen LogP contribution is 2.42. The Morgan fingerprint density at radius 1 is 1.09 bits per heavy atom. The summed E-state index contributed by atoms with van der Waals surface area (Å²) in [7, 11) is 0. The van der Waals surface area contributed by atoms with Gasteiger partial charge in [0.1, 0.15) is 11.4 Å². The van der Waals surface area contributed by atoms with Gasteiger partial charge in [-0.3, -0.25) is 0 Å². The highest BCUT2D eigenvalue weighted by atomic mass is 16.7. The third-order valence-electron chi connectivity index (χ3n) is 4.95. The van der Waals surface area contributed by atoms with E-state index >= 15 is 0 Å². The van der Waals surface area contributed by atoms with Gasteiger partial charge in [-0.15, -0.1) is 13.2 Å². The molecule has 2 aliphatic rings. The summed E-state index contributed by atoms with van der Waals surface area (Å²) in [5.74, 6) is 1.75. The van der Waals surface area contributed by atoms with Gasteiger partial charge in [-0.2, -0.15) is 0 Å². The van der Waals surface area contributed by atoms with E-state index in [9.17, 15) is 4.79 Å². The zero-order chi connectivity index (χ0) is 24.2. The first-order valence-corrected chi connectivity index (χ1v) is 11.1. The lowest BCUT2D eigenvalue weighted by Gasteiger charge is -2.31. The number of nitrogens with zero attached hydrogens (tertiary/aromatic N) is 1. The van der Waals surface area contributed by atoms with Crippen LogP contribution in [0.25, 0.3) is 0 Å². The van der Waals surface area contributed by atoms with E-state index in [1.165, 1.54) is 0 Å². The van der Waals surface area contributed by atoms with Crippen LogP contribution in [0.4, 0.5) is 10.5 Å². The fourth-order valence-corrected chi connectivity index (χ4v) is 3.65. The van der Waals surface area contributed by atoms with Gasteiger partial charge in [0.2, 0.25) is 5.79 Å². The van der Waals surface area contributed by atoms with Gasteiger partial charge in [0.25, 0.3) is 0 Å². The van der Waals surface area contributed by atoms with Crippen molar-refractivity contribution in [2.75, 3.05) is 18.2 Å². The summed E-state index contributed by atoms with van der Waals surface area (Å²) in [5, 5.41) is 2.80. The number of fused-ring (bicyclic) bond motifs is 2. The molecule has 0 aromatic heterocycles. The van der Waals surface area contributed by atoms with Crippen molar-refractivity contribution in [3.05, 3.63) is 60.7 Å². The second-order valence-corrected chi connectivity index (χ2v) is 9.33. The Bertz CT molecular complexity index is 997. The average Bonchev–Trinajstić information content (AvgIpc) is 3.06. The summed E-state index contributed by atoms with van der Waals surface area (Å²) in [4.78, 5) is 14.0. The van der Waals surface area contributed by atoms with Crippen LogP contribution in [0.1, 0.15) is 45.7 Å². The normalized spacial score (nSPS) is 15.5. The van der Waals surface area contributed by atoms with Crippen LogP contribution >= 0.6 is 0 Å². The zero-order valence-corrected chi connectivity index (χ0v) is 20.2. The van der Waals surface area contributed by atoms with Gasteiger partial charge in [0.15, 0.2) is 18.2 Å². The Labute approximate surface area is 196 Å². The minimum Gasteiger partial charge on any atom is -0.473 e. The van der Waals surface area contributed by atoms with E-state index in [-0.39, 0.29) is 0 Å². The molecule has 33 heavy (non-hydrogen) atoms. The van der Waals surface area contributed by atoms with Crippen LogP contribution in [0, 0.1) is 0 Å². The summed E-state index contributed by atoms with van der Waals surface area (Å²) < 4.78 is 22.9. The van der Waals surface area contributed by atoms with Crippen LogP contribution in [-0.4, -0.2) is 30.8 Å². The lowest BCUT2D eigenvalue weighted by Crippen LogP contribution is -2.33. The van der Waals surface area contributed by atoms with Crippen molar-refractivity contribution < 1.29 is 23.7 Å². The van der Waals surface area contributed by atoms with Gasteiger partial charge in [-0.25, -0.2) is 4.79 Å². The third kappa shape index (κ3) is 6.34. The van der Waals surface area contributed by atoms with Crippen LogP contribution in [0.5, 0.6) is 17.2 Å². The van der Waals surface area contributed by atoms with Crippen LogP contribution in [0.3, 0.4) is 0 Å². The molecule has 2 heterocycles. The van der Waals surface area contributed by atoms with Gasteiger partial charge in [0, 0.05) is 44.3 Å². The molecule has 0 atom stereocenters. The number of amides is 1. The predicted molar refractivity (Wildman–Crippen MR) is 129 cm³/mol. The summed E-state index contributed by atoms with van der Waals surface area (Å²) >= 11 is 0. The fraction of sp³-hybridized carbons (Fsp3) is 0.423. The molecule has 0 saturated heterocycles. The molecule has 7 nitrogen and oxygen atoms in total. The van der Waals surface area contributed by atoms with Crippen molar-refractivity contribution in [1.82, 2.24) is 5.32 Å². The smallest absolute Gasteiger partial charge is 0.407 e. The Morgan fingerprint density at radius 2 is 1.79 bits per heavy atom. The molecule has 2 aliphatic heterocycles. The van der Waals surface area contributed by atoms with Crippen molar-refractivity contribution in [1.29, 1.82) is 0 Å². The molecular weight excluding hydrogens is 420 g/mol. The third-order valence-corrected chi connectivity index (χ3v) is 4.95. The van der Waals surface area contributed by atoms with Crippen molar-refractivity contribution in [2.24, 2.45) is 0 Å². The molecular formula is C26H34N2O5. The first kappa shape index (κ1) is 24.3. The lowest BCUT2D eigenvalue weighted by atomic mass is 10.1. The Balaban J connectivity index is 0.00000149. The number of rotatable bonds is 4. The molecule has 178 valence electrons. The number of alkyl carbamates (subject to hydrolysis) is 1. The maximum absolute atomic E-state index is 11.8. The van der Waals surface area contributed by atoms with E-state index in [4.69, 9.17) is 18.9 Å². The summed E-state index contributed by atoms with van der Waals surface area (Å²) in [6.45, 7) is 17.0. The number of nitrogens with one attached hydrogen (secondary N) is 1. The van der Waals surface area contributed by atoms with E-state index in [2.05, 4.69) is 29.4 Å². The molecule has 0 spiro atoms. The van der Waals surface area contributed by atoms with E-state index in [0.717, 1.165) is 40.6 Å². The summed E-state index contributed by atoms with van der Waals surface area (Å²) in [6, 6.07) is 12.1. The van der Waals surface area contributed by atoms with Gasteiger partial charge >= 0.3 is 6.09 Å². The first-order valence-electron chi connectivity index (χ1n) is 11.1. The minimum atomic E-state index is -0.645. The molecule has 4 rings (SSSR count). The van der Waals surface area contributed by atoms with Crippen LogP contribution < -0.4 is 24.4 Å². The molecule has 0 bridgehead atoms. The van der Waals surface area contributed by atoms with E-state index in [0.29, 0.717) is 19.7 Å². The molecule has 0 saturated carbocycles. The molecule has 2 aromatic carbocycles. The predicted octanol–water partition coefficient (Wildman–Crippen LogP) is 5.42. The number of anilines is 1. The monoisotopic (exact) mass is 454 g/mol. The molecule has 0 fully saturated rings. The maximum Gasteiger partial charge on any atom is 0.407 e. The van der Waals surface area contributed by atoms with E-state index in [1.54, 1.807) is 0 Å². The van der Waals surface area contributed by atoms with Crippen molar-refractivity contribution >= 4 is 11.8 Å². The number of benzene rings is 2. The van der Waals surface area contributed by atoms with Crippen LogP contribution in [-0.2, 0) is 17.7 Å². The minimum absolute atomic E-state index is 0.397. The summed E-state index contributed by atoms with van der Waals surface area (Å²) in [5.41, 5.74) is 2.76. The largest absolute Gasteiger partial charge is 0.473 e. The van der Waals surface area contributed by atoms with Crippen LogP contribution in [0.2, 0.25) is 0 Å².